The average molecular weight is 370 g/mol. The lowest BCUT2D eigenvalue weighted by atomic mass is 9.90. The second kappa shape index (κ2) is 8.88. The Labute approximate surface area is 167 Å². The molecule has 0 bridgehead atoms. The van der Waals surface area contributed by atoms with E-state index in [1.807, 2.05) is 0 Å². The van der Waals surface area contributed by atoms with Crippen molar-refractivity contribution in [1.82, 2.24) is 0 Å². The Hall–Kier alpha value is -2.87. The van der Waals surface area contributed by atoms with Crippen molar-refractivity contribution < 1.29 is 4.79 Å². The Kier molecular flexibility index (Phi) is 5.86. The number of aldehydes is 1. The van der Waals surface area contributed by atoms with E-state index in [1.165, 1.54) is 22.4 Å². The van der Waals surface area contributed by atoms with Crippen LogP contribution in [0.1, 0.15) is 28.7 Å². The zero-order valence-corrected chi connectivity index (χ0v) is 16.3. The first-order valence-corrected chi connectivity index (χ1v) is 10.2. The minimum absolute atomic E-state index is 0.505. The summed E-state index contributed by atoms with van der Waals surface area (Å²) in [4.78, 5) is 13.5. The quantitative estimate of drug-likeness (QED) is 0.544. The summed E-state index contributed by atoms with van der Waals surface area (Å²) in [7, 11) is 0. The van der Waals surface area contributed by atoms with E-state index in [1.54, 1.807) is 0 Å². The summed E-state index contributed by atoms with van der Waals surface area (Å²) in [6.45, 7) is 1.02. The lowest BCUT2D eigenvalue weighted by Crippen LogP contribution is -2.42. The van der Waals surface area contributed by atoms with Crippen molar-refractivity contribution in [3.8, 4) is 0 Å². The van der Waals surface area contributed by atoms with Gasteiger partial charge in [0.1, 0.15) is 6.29 Å². The third kappa shape index (κ3) is 4.33. The average Bonchev–Trinajstić information content (AvgIpc) is 2.74. The summed E-state index contributed by atoms with van der Waals surface area (Å²) in [6.07, 6.45) is 5.86. The van der Waals surface area contributed by atoms with Gasteiger partial charge in [-0.05, 0) is 54.0 Å². The first kappa shape index (κ1) is 18.5. The number of rotatable bonds is 7. The highest BCUT2D eigenvalue weighted by molar-refractivity contribution is 5.61. The fraction of sp³-hybridized carbons (Fsp3) is 0.269. The molecule has 2 nitrogen and oxygen atoms in total. The highest BCUT2D eigenvalue weighted by Gasteiger charge is 2.26. The van der Waals surface area contributed by atoms with Gasteiger partial charge < -0.3 is 9.69 Å². The molecule has 0 spiro atoms. The van der Waals surface area contributed by atoms with Crippen LogP contribution in [0.3, 0.4) is 0 Å². The Morgan fingerprint density at radius 2 is 1.57 bits per heavy atom. The molecule has 0 N–H and O–H groups in total. The molecule has 4 rings (SSSR count). The molecular weight excluding hydrogens is 342 g/mol. The third-order valence-electron chi connectivity index (χ3n) is 5.76. The maximum absolute atomic E-state index is 10.9. The van der Waals surface area contributed by atoms with Crippen LogP contribution in [0, 0.1) is 0 Å². The Balaban J connectivity index is 1.59. The first-order chi connectivity index (χ1) is 13.8. The largest absolute Gasteiger partial charge is 0.368 e. The van der Waals surface area contributed by atoms with Crippen molar-refractivity contribution in [1.29, 1.82) is 0 Å². The fourth-order valence-corrected chi connectivity index (χ4v) is 4.31. The zero-order chi connectivity index (χ0) is 19.2. The summed E-state index contributed by atoms with van der Waals surface area (Å²) in [6, 6.07) is 28.6. The van der Waals surface area contributed by atoms with Gasteiger partial charge in [0.2, 0.25) is 0 Å². The van der Waals surface area contributed by atoms with Crippen molar-refractivity contribution >= 4 is 12.0 Å². The first-order valence-electron chi connectivity index (χ1n) is 10.2. The number of fused-ring (bicyclic) bond motifs is 1. The van der Waals surface area contributed by atoms with E-state index in [9.17, 15) is 4.79 Å². The molecular formula is C26H27NO. The number of hydrogen-bond acceptors (Lipinski definition) is 2. The summed E-state index contributed by atoms with van der Waals surface area (Å²) in [5.41, 5.74) is 6.64. The molecule has 3 aromatic carbocycles. The molecule has 28 heavy (non-hydrogen) atoms. The van der Waals surface area contributed by atoms with Crippen LogP contribution < -0.4 is 4.90 Å². The molecule has 0 fully saturated rings. The zero-order valence-electron chi connectivity index (χ0n) is 16.3. The summed E-state index contributed by atoms with van der Waals surface area (Å²) in [5.74, 6) is 0. The number of aryl methyl sites for hydroxylation is 1. The minimum atomic E-state index is 0.505. The predicted molar refractivity (Wildman–Crippen MR) is 116 cm³/mol. The predicted octanol–water partition coefficient (Wildman–Crippen LogP) is 5.03. The number of benzene rings is 3. The van der Waals surface area contributed by atoms with Crippen LogP contribution in [-0.4, -0.2) is 18.9 Å². The molecule has 0 saturated carbocycles. The minimum Gasteiger partial charge on any atom is -0.368 e. The molecule has 1 aliphatic heterocycles. The van der Waals surface area contributed by atoms with E-state index >= 15 is 0 Å². The molecule has 1 aliphatic rings. The molecule has 1 unspecified atom stereocenters. The van der Waals surface area contributed by atoms with Crippen molar-refractivity contribution in [2.24, 2.45) is 0 Å². The molecule has 1 heterocycles. The van der Waals surface area contributed by atoms with Crippen molar-refractivity contribution in [2.75, 3.05) is 11.4 Å². The number of anilines is 1. The molecule has 0 radical (unpaired) electrons. The monoisotopic (exact) mass is 369 g/mol. The van der Waals surface area contributed by atoms with Gasteiger partial charge in [0.25, 0.3) is 0 Å². The second-order valence-corrected chi connectivity index (χ2v) is 7.65. The lowest BCUT2D eigenvalue weighted by Gasteiger charge is -2.39. The number of carbonyl (C=O) groups excluding carboxylic acids is 1. The van der Waals surface area contributed by atoms with E-state index < -0.39 is 0 Å². The van der Waals surface area contributed by atoms with Crippen molar-refractivity contribution in [2.45, 2.75) is 38.1 Å². The summed E-state index contributed by atoms with van der Waals surface area (Å²) >= 11 is 0. The number of nitrogens with zero attached hydrogens (tertiary/aromatic N) is 1. The molecule has 0 amide bonds. The van der Waals surface area contributed by atoms with Gasteiger partial charge in [-0.25, -0.2) is 0 Å². The van der Waals surface area contributed by atoms with E-state index in [0.29, 0.717) is 12.5 Å². The van der Waals surface area contributed by atoms with E-state index in [0.717, 1.165) is 44.1 Å². The van der Waals surface area contributed by atoms with Gasteiger partial charge in [-0.3, -0.25) is 0 Å². The van der Waals surface area contributed by atoms with Gasteiger partial charge in [-0.15, -0.1) is 0 Å². The molecule has 3 aromatic rings. The molecule has 1 atom stereocenters. The molecule has 142 valence electrons. The summed E-state index contributed by atoms with van der Waals surface area (Å²) in [5, 5.41) is 0. The Morgan fingerprint density at radius 3 is 2.29 bits per heavy atom. The van der Waals surface area contributed by atoms with Crippen LogP contribution in [0.4, 0.5) is 5.69 Å². The molecule has 0 aromatic heterocycles. The van der Waals surface area contributed by atoms with Crippen LogP contribution >= 0.6 is 0 Å². The number of hydrogen-bond donors (Lipinski definition) is 0. The van der Waals surface area contributed by atoms with E-state index in [4.69, 9.17) is 0 Å². The third-order valence-corrected chi connectivity index (χ3v) is 5.76. The van der Waals surface area contributed by atoms with E-state index in [2.05, 4.69) is 83.8 Å². The topological polar surface area (TPSA) is 20.3 Å². The van der Waals surface area contributed by atoms with Gasteiger partial charge in [0.15, 0.2) is 0 Å². The standard InChI is InChI=1S/C26H27NO/c28-18-16-23-11-14-26-24(19-23)12-13-25(20-22-9-5-2-6-10-22)27(26)17-15-21-7-3-1-4-8-21/h1-11,14,18-19,25H,12-13,15-17,20H2. The normalized spacial score (nSPS) is 15.9. The SMILES string of the molecule is O=CCc1ccc2c(c1)CCC(Cc1ccccc1)N2CCc1ccccc1. The second-order valence-electron chi connectivity index (χ2n) is 7.65. The van der Waals surface area contributed by atoms with Gasteiger partial charge in [-0.1, -0.05) is 72.8 Å². The maximum Gasteiger partial charge on any atom is 0.124 e. The van der Waals surface area contributed by atoms with Crippen LogP contribution in [-0.2, 0) is 30.5 Å². The van der Waals surface area contributed by atoms with Crippen molar-refractivity contribution in [3.05, 3.63) is 101 Å². The Morgan fingerprint density at radius 1 is 0.857 bits per heavy atom. The number of carbonyl (C=O) groups is 1. The fourth-order valence-electron chi connectivity index (χ4n) is 4.31. The smallest absolute Gasteiger partial charge is 0.124 e. The molecule has 0 aliphatic carbocycles. The van der Waals surface area contributed by atoms with Crippen LogP contribution in [0.2, 0.25) is 0 Å². The molecule has 0 saturated heterocycles. The lowest BCUT2D eigenvalue weighted by molar-refractivity contribution is -0.107. The van der Waals surface area contributed by atoms with Crippen molar-refractivity contribution in [3.63, 3.8) is 0 Å². The van der Waals surface area contributed by atoms with Crippen LogP contribution in [0.25, 0.3) is 0 Å². The highest BCUT2D eigenvalue weighted by atomic mass is 16.1. The van der Waals surface area contributed by atoms with Gasteiger partial charge in [0.05, 0.1) is 0 Å². The maximum atomic E-state index is 10.9. The van der Waals surface area contributed by atoms with Gasteiger partial charge >= 0.3 is 0 Å². The van der Waals surface area contributed by atoms with Gasteiger partial charge in [-0.2, -0.15) is 0 Å². The Bertz CT molecular complexity index is 904. The van der Waals surface area contributed by atoms with Gasteiger partial charge in [0, 0.05) is 24.7 Å². The molecule has 2 heteroatoms. The summed E-state index contributed by atoms with van der Waals surface area (Å²) < 4.78 is 0. The van der Waals surface area contributed by atoms with E-state index in [-0.39, 0.29) is 0 Å². The highest BCUT2D eigenvalue weighted by Crippen LogP contribution is 2.33. The van der Waals surface area contributed by atoms with Crippen LogP contribution in [0.15, 0.2) is 78.9 Å². The van der Waals surface area contributed by atoms with Crippen LogP contribution in [0.5, 0.6) is 0 Å².